The van der Waals surface area contributed by atoms with E-state index in [1.807, 2.05) is 0 Å². The van der Waals surface area contributed by atoms with Gasteiger partial charge in [0.15, 0.2) is 0 Å². The van der Waals surface area contributed by atoms with Crippen LogP contribution in [-0.4, -0.2) is 29.5 Å². The lowest BCUT2D eigenvalue weighted by atomic mass is 9.62. The van der Waals surface area contributed by atoms with Gasteiger partial charge in [0.1, 0.15) is 12.0 Å². The third-order valence-electron chi connectivity index (χ3n) is 6.03. The first-order chi connectivity index (χ1) is 13.4. The molecule has 0 aliphatic heterocycles. The maximum Gasteiger partial charge on any atom is 0.419 e. The van der Waals surface area contributed by atoms with Gasteiger partial charge in [-0.25, -0.2) is 8.78 Å². The van der Waals surface area contributed by atoms with Crippen molar-refractivity contribution in [1.82, 2.24) is 0 Å². The van der Waals surface area contributed by atoms with Crippen molar-refractivity contribution < 1.29 is 31.9 Å². The molecule has 0 amide bonds. The molecule has 0 aromatic heterocycles. The van der Waals surface area contributed by atoms with E-state index in [0.29, 0.717) is 5.56 Å². The van der Waals surface area contributed by atoms with Gasteiger partial charge in [0.25, 0.3) is 0 Å². The Bertz CT molecular complexity index is 901. The Morgan fingerprint density at radius 1 is 1.28 bits per heavy atom. The molecule has 1 aromatic carbocycles. The molecule has 0 bridgehead atoms. The van der Waals surface area contributed by atoms with Crippen molar-refractivity contribution in [2.45, 2.75) is 51.5 Å². The zero-order chi connectivity index (χ0) is 21.7. The number of nitrogens with two attached hydrogens (primary N) is 1. The summed E-state index contributed by atoms with van der Waals surface area (Å²) in [5.74, 6) is -3.89. The number of carboxylic acid groups (broad SMARTS) is 1. The zero-order valence-electron chi connectivity index (χ0n) is 16.0. The van der Waals surface area contributed by atoms with Crippen LogP contribution < -0.4 is 5.73 Å². The molecule has 3 N–H and O–H groups in total. The molecule has 0 radical (unpaired) electrons. The summed E-state index contributed by atoms with van der Waals surface area (Å²) < 4.78 is 73.4. The Balaban J connectivity index is 2.35. The van der Waals surface area contributed by atoms with Gasteiger partial charge in [0.05, 0.1) is 17.4 Å². The summed E-state index contributed by atoms with van der Waals surface area (Å²) in [5, 5.41) is 9.13. The Morgan fingerprint density at radius 3 is 2.34 bits per heavy atom. The minimum Gasteiger partial charge on any atom is -0.481 e. The van der Waals surface area contributed by atoms with Crippen LogP contribution in [0.5, 0.6) is 0 Å². The van der Waals surface area contributed by atoms with Gasteiger partial charge in [-0.05, 0) is 54.9 Å². The van der Waals surface area contributed by atoms with E-state index in [4.69, 9.17) is 10.8 Å². The topological polar surface area (TPSA) is 63.3 Å². The van der Waals surface area contributed by atoms with E-state index in [2.05, 4.69) is 0 Å². The molecule has 158 valence electrons. The average Bonchev–Trinajstić information content (AvgIpc) is 3.40. The number of halogens is 5. The number of aliphatic carboxylic acids is 1. The molecule has 2 aliphatic carbocycles. The van der Waals surface area contributed by atoms with Crippen molar-refractivity contribution in [3.63, 3.8) is 0 Å². The Kier molecular flexibility index (Phi) is 5.36. The monoisotopic (exact) mass is 415 g/mol. The molecule has 29 heavy (non-hydrogen) atoms. The molecule has 3 nitrogen and oxygen atoms in total. The molecule has 3 rings (SSSR count). The zero-order valence-corrected chi connectivity index (χ0v) is 16.0. The molecule has 0 saturated heterocycles. The van der Waals surface area contributed by atoms with Crippen LogP contribution in [0.15, 0.2) is 41.2 Å². The van der Waals surface area contributed by atoms with E-state index >= 15 is 8.78 Å². The average molecular weight is 415 g/mol. The number of rotatable bonds is 5. The van der Waals surface area contributed by atoms with Crippen molar-refractivity contribution in [3.05, 3.63) is 52.4 Å². The van der Waals surface area contributed by atoms with Crippen LogP contribution in [0.4, 0.5) is 22.0 Å². The Hall–Kier alpha value is -2.22. The van der Waals surface area contributed by atoms with Crippen molar-refractivity contribution >= 4 is 11.5 Å². The second kappa shape index (κ2) is 7.23. The van der Waals surface area contributed by atoms with Gasteiger partial charge in [-0.3, -0.25) is 4.79 Å². The maximum atomic E-state index is 16.1. The number of hydrogen-bond donors (Lipinski definition) is 2. The van der Waals surface area contributed by atoms with E-state index in [1.54, 1.807) is 25.1 Å². The summed E-state index contributed by atoms with van der Waals surface area (Å²) in [6.07, 6.45) is -7.55. The fourth-order valence-corrected chi connectivity index (χ4v) is 4.56. The molecule has 0 spiro atoms. The fourth-order valence-electron chi connectivity index (χ4n) is 4.56. The van der Waals surface area contributed by atoms with Crippen LogP contribution in [0.25, 0.3) is 5.57 Å². The first-order valence-electron chi connectivity index (χ1n) is 9.30. The number of carboxylic acids is 1. The number of carbonyl (C=O) groups is 1. The predicted molar refractivity (Wildman–Crippen MR) is 98.2 cm³/mol. The lowest BCUT2D eigenvalue weighted by Gasteiger charge is -2.45. The third kappa shape index (κ3) is 3.37. The minimum atomic E-state index is -5.08. The van der Waals surface area contributed by atoms with Crippen molar-refractivity contribution in [2.24, 2.45) is 17.1 Å². The van der Waals surface area contributed by atoms with Gasteiger partial charge >= 0.3 is 12.1 Å². The Morgan fingerprint density at radius 2 is 1.86 bits per heavy atom. The molecule has 0 heterocycles. The maximum absolute atomic E-state index is 16.1. The quantitative estimate of drug-likeness (QED) is 0.658. The highest BCUT2D eigenvalue weighted by Crippen LogP contribution is 2.63. The van der Waals surface area contributed by atoms with Crippen LogP contribution >= 0.6 is 0 Å². The van der Waals surface area contributed by atoms with Crippen LogP contribution in [0, 0.1) is 18.3 Å². The second-order valence-corrected chi connectivity index (χ2v) is 7.81. The van der Waals surface area contributed by atoms with Gasteiger partial charge in [0.2, 0.25) is 0 Å². The highest BCUT2D eigenvalue weighted by atomic mass is 19.4. The van der Waals surface area contributed by atoms with Crippen molar-refractivity contribution in [2.75, 3.05) is 0 Å². The largest absolute Gasteiger partial charge is 0.481 e. The molecule has 1 aromatic rings. The van der Waals surface area contributed by atoms with E-state index < -0.39 is 59.1 Å². The van der Waals surface area contributed by atoms with Crippen molar-refractivity contribution in [3.8, 4) is 0 Å². The minimum absolute atomic E-state index is 0.235. The molecule has 1 fully saturated rings. The van der Waals surface area contributed by atoms with Gasteiger partial charge in [-0.15, -0.1) is 0 Å². The number of hydrogen-bond acceptors (Lipinski definition) is 2. The van der Waals surface area contributed by atoms with E-state index in [9.17, 15) is 18.0 Å². The van der Waals surface area contributed by atoms with E-state index in [1.165, 1.54) is 6.07 Å². The van der Waals surface area contributed by atoms with Gasteiger partial charge < -0.3 is 10.8 Å². The standard InChI is InChI=1S/C21H22F5NO2/c1-10-5-3-4-6-13(10)16-11(2)17(21(24,25)26)19(23)20(18(16)22,12-7-8-12)14(27)9-15(28)29/h3-6,12,14,18H,7-9,27H2,1-2H3,(H,28,29). The van der Waals surface area contributed by atoms with Gasteiger partial charge in [0, 0.05) is 6.04 Å². The lowest BCUT2D eigenvalue weighted by molar-refractivity contribution is -0.138. The number of alkyl halides is 4. The smallest absolute Gasteiger partial charge is 0.419 e. The third-order valence-corrected chi connectivity index (χ3v) is 6.03. The van der Waals surface area contributed by atoms with E-state index in [-0.39, 0.29) is 24.0 Å². The first kappa shape index (κ1) is 21.5. The molecular formula is C21H22F5NO2. The Labute approximate surface area is 165 Å². The number of allylic oxidation sites excluding steroid dienone is 3. The summed E-state index contributed by atoms with van der Waals surface area (Å²) in [7, 11) is 0. The van der Waals surface area contributed by atoms with Crippen LogP contribution in [0.1, 0.15) is 37.3 Å². The SMILES string of the molecule is CC1=C(c2ccccc2C)C(F)C(C(N)CC(=O)O)(C2CC2)C(F)=C1C(F)(F)F. The van der Waals surface area contributed by atoms with Crippen LogP contribution in [0.3, 0.4) is 0 Å². The predicted octanol–water partition coefficient (Wildman–Crippen LogP) is 5.10. The highest BCUT2D eigenvalue weighted by molar-refractivity contribution is 5.81. The van der Waals surface area contributed by atoms with Gasteiger partial charge in [-0.1, -0.05) is 24.3 Å². The summed E-state index contributed by atoms with van der Waals surface area (Å²) in [5.41, 5.74) is 2.01. The van der Waals surface area contributed by atoms with Crippen molar-refractivity contribution in [1.29, 1.82) is 0 Å². The summed E-state index contributed by atoms with van der Waals surface area (Å²) in [6, 6.07) is 4.69. The number of aryl methyl sites for hydroxylation is 1. The fraction of sp³-hybridized carbons (Fsp3) is 0.476. The number of benzene rings is 1. The first-order valence-corrected chi connectivity index (χ1v) is 9.30. The summed E-state index contributed by atoms with van der Waals surface area (Å²) >= 11 is 0. The molecule has 3 unspecified atom stereocenters. The van der Waals surface area contributed by atoms with Gasteiger partial charge in [-0.2, -0.15) is 13.2 Å². The molecular weight excluding hydrogens is 393 g/mol. The second-order valence-electron chi connectivity index (χ2n) is 7.81. The molecule has 8 heteroatoms. The van der Waals surface area contributed by atoms with Crippen LogP contribution in [0.2, 0.25) is 0 Å². The summed E-state index contributed by atoms with van der Waals surface area (Å²) in [6.45, 7) is 2.68. The molecule has 3 atom stereocenters. The summed E-state index contributed by atoms with van der Waals surface area (Å²) in [4.78, 5) is 11.2. The normalized spacial score (nSPS) is 26.7. The molecule has 2 aliphatic rings. The highest BCUT2D eigenvalue weighted by Gasteiger charge is 2.64. The lowest BCUT2D eigenvalue weighted by Crippen LogP contribution is -2.54. The molecule has 1 saturated carbocycles. The van der Waals surface area contributed by atoms with Crippen LogP contribution in [-0.2, 0) is 4.79 Å². The van der Waals surface area contributed by atoms with E-state index in [0.717, 1.165) is 6.92 Å².